The van der Waals surface area contributed by atoms with Gasteiger partial charge in [0.1, 0.15) is 6.61 Å². The minimum atomic E-state index is -0.235. The lowest BCUT2D eigenvalue weighted by Gasteiger charge is -2.29. The molecule has 0 spiro atoms. The zero-order chi connectivity index (χ0) is 20.3. The highest BCUT2D eigenvalue weighted by Crippen LogP contribution is 2.34. The van der Waals surface area contributed by atoms with Crippen LogP contribution in [0, 0.1) is 0 Å². The average molecular weight is 401 g/mol. The molecule has 1 fully saturated rings. The van der Waals surface area contributed by atoms with Crippen molar-refractivity contribution in [1.82, 2.24) is 9.97 Å². The average Bonchev–Trinajstić information content (AvgIpc) is 3.34. The molecule has 5 rings (SSSR count). The van der Waals surface area contributed by atoms with Gasteiger partial charge in [-0.05, 0) is 49.2 Å². The summed E-state index contributed by atoms with van der Waals surface area (Å²) in [5.41, 5.74) is 3.76. The van der Waals surface area contributed by atoms with Crippen LogP contribution in [0.3, 0.4) is 0 Å². The summed E-state index contributed by atoms with van der Waals surface area (Å²) in [5.74, 6) is 1.16. The first-order valence-corrected chi connectivity index (χ1v) is 10.3. The van der Waals surface area contributed by atoms with Gasteiger partial charge in [0.2, 0.25) is 0 Å². The first-order chi connectivity index (χ1) is 14.8. The molecule has 1 saturated heterocycles. The molecule has 0 atom stereocenters. The Labute approximate surface area is 175 Å². The number of hydrogen-bond acceptors (Lipinski definition) is 5. The van der Waals surface area contributed by atoms with Crippen LogP contribution in [0.15, 0.2) is 60.9 Å². The van der Waals surface area contributed by atoms with Crippen molar-refractivity contribution in [2.45, 2.75) is 12.8 Å². The van der Waals surface area contributed by atoms with E-state index >= 15 is 0 Å². The van der Waals surface area contributed by atoms with Crippen LogP contribution in [-0.2, 0) is 0 Å². The zero-order valence-corrected chi connectivity index (χ0v) is 16.6. The van der Waals surface area contributed by atoms with Gasteiger partial charge < -0.3 is 15.0 Å². The second-order valence-electron chi connectivity index (χ2n) is 7.43. The molecule has 7 heteroatoms. The molecule has 0 bridgehead atoms. The third-order valence-corrected chi connectivity index (χ3v) is 5.46. The van der Waals surface area contributed by atoms with E-state index in [2.05, 4.69) is 39.5 Å². The van der Waals surface area contributed by atoms with E-state index in [1.807, 2.05) is 12.1 Å². The summed E-state index contributed by atoms with van der Waals surface area (Å²) < 4.78 is 5.75. The molecule has 152 valence electrons. The lowest BCUT2D eigenvalue weighted by molar-refractivity contribution is 0.249. The molecule has 0 radical (unpaired) electrons. The van der Waals surface area contributed by atoms with Gasteiger partial charge in [0, 0.05) is 42.4 Å². The van der Waals surface area contributed by atoms with E-state index in [1.54, 1.807) is 29.4 Å². The number of nitrogens with zero attached hydrogens (tertiary/aromatic N) is 4. The number of benzene rings is 1. The summed E-state index contributed by atoms with van der Waals surface area (Å²) in [6.45, 7) is 3.06. The maximum atomic E-state index is 12.9. The molecular formula is C23H23N5O2. The van der Waals surface area contributed by atoms with Crippen LogP contribution in [0.25, 0.3) is 11.3 Å². The molecule has 0 saturated carbocycles. The highest BCUT2D eigenvalue weighted by atomic mass is 16.5. The number of amides is 2. The first-order valence-electron chi connectivity index (χ1n) is 10.3. The number of carbonyl (C=O) groups is 1. The number of pyridine rings is 2. The second-order valence-corrected chi connectivity index (χ2v) is 7.43. The Balaban J connectivity index is 1.44. The summed E-state index contributed by atoms with van der Waals surface area (Å²) in [6.07, 6.45) is 5.76. The maximum absolute atomic E-state index is 12.9. The molecule has 2 aromatic heterocycles. The molecule has 30 heavy (non-hydrogen) atoms. The number of hydrogen-bond donors (Lipinski definition) is 1. The summed E-state index contributed by atoms with van der Waals surface area (Å²) >= 11 is 0. The Morgan fingerprint density at radius 3 is 2.67 bits per heavy atom. The molecule has 2 aliphatic rings. The van der Waals surface area contributed by atoms with Crippen molar-refractivity contribution >= 4 is 23.2 Å². The highest BCUT2D eigenvalue weighted by molar-refractivity contribution is 6.02. The van der Waals surface area contributed by atoms with Gasteiger partial charge in [0.05, 0.1) is 12.2 Å². The predicted molar refractivity (Wildman–Crippen MR) is 117 cm³/mol. The molecule has 2 aliphatic heterocycles. The van der Waals surface area contributed by atoms with Gasteiger partial charge in [-0.15, -0.1) is 0 Å². The number of aromatic nitrogens is 2. The van der Waals surface area contributed by atoms with Crippen LogP contribution in [0.2, 0.25) is 0 Å². The number of fused-ring (bicyclic) bond motifs is 1. The van der Waals surface area contributed by atoms with Crippen LogP contribution in [0.5, 0.6) is 5.75 Å². The maximum Gasteiger partial charge on any atom is 0.327 e. The Kier molecular flexibility index (Phi) is 4.93. The fourth-order valence-corrected chi connectivity index (χ4v) is 3.92. The van der Waals surface area contributed by atoms with Gasteiger partial charge in [-0.25, -0.2) is 9.78 Å². The van der Waals surface area contributed by atoms with Gasteiger partial charge in [0.15, 0.2) is 11.6 Å². The molecule has 4 heterocycles. The first kappa shape index (κ1) is 18.4. The Morgan fingerprint density at radius 1 is 1.00 bits per heavy atom. The zero-order valence-electron chi connectivity index (χ0n) is 16.6. The van der Waals surface area contributed by atoms with E-state index < -0.39 is 0 Å². The van der Waals surface area contributed by atoms with Gasteiger partial charge >= 0.3 is 6.03 Å². The smallest absolute Gasteiger partial charge is 0.327 e. The normalized spacial score (nSPS) is 15.5. The fraction of sp³-hybridized carbons (Fsp3) is 0.261. The molecule has 1 aromatic carbocycles. The van der Waals surface area contributed by atoms with Crippen molar-refractivity contribution in [3.05, 3.63) is 60.9 Å². The van der Waals surface area contributed by atoms with Gasteiger partial charge in [-0.2, -0.15) is 0 Å². The molecule has 1 N–H and O–H groups in total. The SMILES string of the molecule is O=C(Nc1ccncc1)N1CCOc2ccc(-c3cccc(N4CCCC4)c3)nc21. The Morgan fingerprint density at radius 2 is 1.83 bits per heavy atom. The summed E-state index contributed by atoms with van der Waals surface area (Å²) in [6, 6.07) is 15.6. The third kappa shape index (κ3) is 3.66. The van der Waals surface area contributed by atoms with Crippen molar-refractivity contribution in [3.63, 3.8) is 0 Å². The number of urea groups is 1. The second kappa shape index (κ2) is 8.02. The summed E-state index contributed by atoms with van der Waals surface area (Å²) in [7, 11) is 0. The molecule has 2 amide bonds. The molecule has 3 aromatic rings. The number of carbonyl (C=O) groups excluding carboxylic acids is 1. The standard InChI is InChI=1S/C23H23N5O2/c29-23(25-18-8-10-24-11-9-18)28-14-15-30-21-7-6-20(26-22(21)28)17-4-3-5-19(16-17)27-12-1-2-13-27/h3-11,16H,1-2,12-15H2,(H,24,25,29). The van der Waals surface area contributed by atoms with Crippen LogP contribution >= 0.6 is 0 Å². The lowest BCUT2D eigenvalue weighted by Crippen LogP contribution is -2.41. The minimum Gasteiger partial charge on any atom is -0.488 e. The molecular weight excluding hydrogens is 378 g/mol. The quantitative estimate of drug-likeness (QED) is 0.713. The number of rotatable bonds is 3. The number of anilines is 3. The van der Waals surface area contributed by atoms with Gasteiger partial charge in [-0.1, -0.05) is 12.1 Å². The number of ether oxygens (including phenoxy) is 1. The fourth-order valence-electron chi connectivity index (χ4n) is 3.92. The van der Waals surface area contributed by atoms with Crippen molar-refractivity contribution in [2.75, 3.05) is 41.4 Å². The molecule has 0 aliphatic carbocycles. The van der Waals surface area contributed by atoms with Gasteiger partial charge in [0.25, 0.3) is 0 Å². The van der Waals surface area contributed by atoms with Crippen molar-refractivity contribution < 1.29 is 9.53 Å². The highest BCUT2D eigenvalue weighted by Gasteiger charge is 2.26. The lowest BCUT2D eigenvalue weighted by atomic mass is 10.1. The van der Waals surface area contributed by atoms with Crippen LogP contribution < -0.4 is 19.9 Å². The van der Waals surface area contributed by atoms with Crippen molar-refractivity contribution in [2.24, 2.45) is 0 Å². The minimum absolute atomic E-state index is 0.235. The van der Waals surface area contributed by atoms with Crippen LogP contribution in [-0.4, -0.2) is 42.2 Å². The molecule has 7 nitrogen and oxygen atoms in total. The summed E-state index contributed by atoms with van der Waals surface area (Å²) in [5, 5.41) is 2.90. The Bertz CT molecular complexity index is 1050. The third-order valence-electron chi connectivity index (χ3n) is 5.46. The van der Waals surface area contributed by atoms with E-state index in [1.165, 1.54) is 18.5 Å². The van der Waals surface area contributed by atoms with E-state index in [0.717, 1.165) is 24.3 Å². The van der Waals surface area contributed by atoms with Crippen LogP contribution in [0.4, 0.5) is 22.0 Å². The van der Waals surface area contributed by atoms with E-state index in [9.17, 15) is 4.79 Å². The number of nitrogens with one attached hydrogen (secondary N) is 1. The van der Waals surface area contributed by atoms with Crippen LogP contribution in [0.1, 0.15) is 12.8 Å². The monoisotopic (exact) mass is 401 g/mol. The topological polar surface area (TPSA) is 70.6 Å². The van der Waals surface area contributed by atoms with E-state index in [4.69, 9.17) is 9.72 Å². The van der Waals surface area contributed by atoms with Crippen molar-refractivity contribution in [3.8, 4) is 17.0 Å². The largest absolute Gasteiger partial charge is 0.488 e. The van der Waals surface area contributed by atoms with Crippen molar-refractivity contribution in [1.29, 1.82) is 0 Å². The van der Waals surface area contributed by atoms with E-state index in [0.29, 0.717) is 30.4 Å². The predicted octanol–water partition coefficient (Wildman–Crippen LogP) is 4.17. The summed E-state index contributed by atoms with van der Waals surface area (Å²) in [4.78, 5) is 25.7. The van der Waals surface area contributed by atoms with E-state index in [-0.39, 0.29) is 6.03 Å². The Hall–Kier alpha value is -3.61. The van der Waals surface area contributed by atoms with Gasteiger partial charge in [-0.3, -0.25) is 9.88 Å². The molecule has 0 unspecified atom stereocenters.